The van der Waals surface area contributed by atoms with Gasteiger partial charge in [0.2, 0.25) is 0 Å². The zero-order valence-corrected chi connectivity index (χ0v) is 12.7. The van der Waals surface area contributed by atoms with Gasteiger partial charge in [0.05, 0.1) is 0 Å². The number of rotatable bonds is 8. The molecule has 2 amide bonds. The minimum atomic E-state index is -1.02. The van der Waals surface area contributed by atoms with Crippen LogP contribution in [0.15, 0.2) is 30.3 Å². The summed E-state index contributed by atoms with van der Waals surface area (Å²) in [7, 11) is 1.69. The Labute approximate surface area is 126 Å². The van der Waals surface area contributed by atoms with Gasteiger partial charge in [-0.3, -0.25) is 0 Å². The summed E-state index contributed by atoms with van der Waals surface area (Å²) in [4.78, 5) is 24.8. The number of amides is 2. The molecule has 1 rings (SSSR count). The lowest BCUT2D eigenvalue weighted by atomic mass is 10.1. The number of benzene rings is 1. The van der Waals surface area contributed by atoms with Crippen molar-refractivity contribution in [1.82, 2.24) is 10.2 Å². The molecule has 0 aromatic heterocycles. The van der Waals surface area contributed by atoms with Gasteiger partial charge in [-0.2, -0.15) is 0 Å². The summed E-state index contributed by atoms with van der Waals surface area (Å²) in [6.07, 6.45) is 3.35. The van der Waals surface area contributed by atoms with Crippen LogP contribution in [0.25, 0.3) is 0 Å². The molecule has 1 unspecified atom stereocenters. The Bertz CT molecular complexity index is 448. The van der Waals surface area contributed by atoms with Crippen LogP contribution in [0, 0.1) is 0 Å². The molecule has 0 aliphatic heterocycles. The highest BCUT2D eigenvalue weighted by molar-refractivity contribution is 5.82. The molecule has 0 aliphatic carbocycles. The number of unbranched alkanes of at least 4 members (excludes halogenated alkanes) is 2. The standard InChI is InChI=1S/C16H24N2O3/c1-3-4-8-11-18(2)16(21)17-14(15(19)20)12-13-9-6-5-7-10-13/h5-7,9-10,14H,3-4,8,11-12H2,1-2H3,(H,17,21)(H,19,20). The van der Waals surface area contributed by atoms with E-state index >= 15 is 0 Å². The molecule has 0 spiro atoms. The lowest BCUT2D eigenvalue weighted by molar-refractivity contribution is -0.139. The molecule has 5 nitrogen and oxygen atoms in total. The molecule has 0 saturated carbocycles. The smallest absolute Gasteiger partial charge is 0.326 e. The molecule has 5 heteroatoms. The Balaban J connectivity index is 2.54. The van der Waals surface area contributed by atoms with E-state index in [2.05, 4.69) is 12.2 Å². The second-order valence-corrected chi connectivity index (χ2v) is 5.16. The van der Waals surface area contributed by atoms with E-state index in [0.29, 0.717) is 6.54 Å². The Morgan fingerprint density at radius 2 is 1.90 bits per heavy atom. The van der Waals surface area contributed by atoms with Gasteiger partial charge < -0.3 is 15.3 Å². The number of carbonyl (C=O) groups is 2. The molecule has 0 radical (unpaired) electrons. The Morgan fingerprint density at radius 3 is 2.48 bits per heavy atom. The summed E-state index contributed by atoms with van der Waals surface area (Å²) in [5, 5.41) is 11.8. The second-order valence-electron chi connectivity index (χ2n) is 5.16. The van der Waals surface area contributed by atoms with Crippen LogP contribution in [0.1, 0.15) is 31.7 Å². The Hall–Kier alpha value is -2.04. The monoisotopic (exact) mass is 292 g/mol. The molecular weight excluding hydrogens is 268 g/mol. The van der Waals surface area contributed by atoms with Crippen molar-refractivity contribution in [3.63, 3.8) is 0 Å². The van der Waals surface area contributed by atoms with Crippen LogP contribution in [0.3, 0.4) is 0 Å². The minimum Gasteiger partial charge on any atom is -0.480 e. The van der Waals surface area contributed by atoms with Crippen molar-refractivity contribution in [2.24, 2.45) is 0 Å². The molecule has 2 N–H and O–H groups in total. The average molecular weight is 292 g/mol. The highest BCUT2D eigenvalue weighted by Gasteiger charge is 2.21. The molecule has 1 aromatic carbocycles. The largest absolute Gasteiger partial charge is 0.480 e. The SMILES string of the molecule is CCCCCN(C)C(=O)NC(Cc1ccccc1)C(=O)O. The Kier molecular flexibility index (Phi) is 7.29. The van der Waals surface area contributed by atoms with E-state index in [0.717, 1.165) is 24.8 Å². The van der Waals surface area contributed by atoms with Crippen molar-refractivity contribution in [3.05, 3.63) is 35.9 Å². The number of carboxylic acids is 1. The number of carboxylic acid groups (broad SMARTS) is 1. The lowest BCUT2D eigenvalue weighted by Crippen LogP contribution is -2.47. The third-order valence-electron chi connectivity index (χ3n) is 3.32. The maximum atomic E-state index is 12.0. The van der Waals surface area contributed by atoms with Gasteiger partial charge in [-0.15, -0.1) is 0 Å². The highest BCUT2D eigenvalue weighted by Crippen LogP contribution is 2.04. The average Bonchev–Trinajstić information content (AvgIpc) is 2.47. The van der Waals surface area contributed by atoms with Gasteiger partial charge in [0, 0.05) is 20.0 Å². The van der Waals surface area contributed by atoms with Gasteiger partial charge in [0.25, 0.3) is 0 Å². The summed E-state index contributed by atoms with van der Waals surface area (Å²) < 4.78 is 0. The maximum absolute atomic E-state index is 12.0. The zero-order valence-electron chi connectivity index (χ0n) is 12.7. The lowest BCUT2D eigenvalue weighted by Gasteiger charge is -2.21. The van der Waals surface area contributed by atoms with E-state index in [1.165, 1.54) is 4.90 Å². The number of hydrogen-bond acceptors (Lipinski definition) is 2. The quantitative estimate of drug-likeness (QED) is 0.723. The van der Waals surface area contributed by atoms with Crippen molar-refractivity contribution >= 4 is 12.0 Å². The number of aliphatic carboxylic acids is 1. The molecule has 0 aliphatic rings. The first-order valence-corrected chi connectivity index (χ1v) is 7.33. The topological polar surface area (TPSA) is 69.6 Å². The number of carbonyl (C=O) groups excluding carboxylic acids is 1. The molecule has 1 aromatic rings. The number of nitrogens with zero attached hydrogens (tertiary/aromatic N) is 1. The predicted octanol–water partition coefficient (Wildman–Crippen LogP) is 2.51. The molecule has 0 bridgehead atoms. The molecular formula is C16H24N2O3. The summed E-state index contributed by atoms with van der Waals surface area (Å²) in [6.45, 7) is 2.73. The van der Waals surface area contributed by atoms with Crippen LogP contribution in [0.2, 0.25) is 0 Å². The first-order chi connectivity index (χ1) is 10.0. The van der Waals surface area contributed by atoms with Crippen molar-refractivity contribution in [3.8, 4) is 0 Å². The van der Waals surface area contributed by atoms with Crippen LogP contribution >= 0.6 is 0 Å². The van der Waals surface area contributed by atoms with Crippen LogP contribution in [-0.2, 0) is 11.2 Å². The Morgan fingerprint density at radius 1 is 1.24 bits per heavy atom. The van der Waals surface area contributed by atoms with Crippen LogP contribution in [0.4, 0.5) is 4.79 Å². The van der Waals surface area contributed by atoms with Crippen LogP contribution < -0.4 is 5.32 Å². The van der Waals surface area contributed by atoms with Crippen LogP contribution in [0.5, 0.6) is 0 Å². The van der Waals surface area contributed by atoms with E-state index in [1.54, 1.807) is 7.05 Å². The highest BCUT2D eigenvalue weighted by atomic mass is 16.4. The van der Waals surface area contributed by atoms with Crippen molar-refractivity contribution in [2.75, 3.05) is 13.6 Å². The normalized spacial score (nSPS) is 11.7. The van der Waals surface area contributed by atoms with Gasteiger partial charge in [0.1, 0.15) is 6.04 Å². The first-order valence-electron chi connectivity index (χ1n) is 7.33. The van der Waals surface area contributed by atoms with Gasteiger partial charge in [-0.05, 0) is 12.0 Å². The predicted molar refractivity (Wildman–Crippen MR) is 82.3 cm³/mol. The fourth-order valence-corrected chi connectivity index (χ4v) is 2.01. The van der Waals surface area contributed by atoms with E-state index in [1.807, 2.05) is 30.3 Å². The van der Waals surface area contributed by atoms with Crippen molar-refractivity contribution in [2.45, 2.75) is 38.6 Å². The van der Waals surface area contributed by atoms with E-state index in [-0.39, 0.29) is 12.5 Å². The summed E-state index contributed by atoms with van der Waals surface area (Å²) >= 11 is 0. The van der Waals surface area contributed by atoms with E-state index < -0.39 is 12.0 Å². The molecule has 0 heterocycles. The first kappa shape index (κ1) is 17.0. The molecule has 21 heavy (non-hydrogen) atoms. The summed E-state index contributed by atoms with van der Waals surface area (Å²) in [5.41, 5.74) is 0.888. The summed E-state index contributed by atoms with van der Waals surface area (Å²) in [5.74, 6) is -1.02. The fourth-order valence-electron chi connectivity index (χ4n) is 2.01. The molecule has 116 valence electrons. The van der Waals surface area contributed by atoms with E-state index in [9.17, 15) is 14.7 Å². The number of hydrogen-bond donors (Lipinski definition) is 2. The van der Waals surface area contributed by atoms with Gasteiger partial charge in [-0.25, -0.2) is 9.59 Å². The fraction of sp³-hybridized carbons (Fsp3) is 0.500. The number of nitrogens with one attached hydrogen (secondary N) is 1. The van der Waals surface area contributed by atoms with Gasteiger partial charge in [0.15, 0.2) is 0 Å². The van der Waals surface area contributed by atoms with Crippen molar-refractivity contribution < 1.29 is 14.7 Å². The zero-order chi connectivity index (χ0) is 15.7. The number of urea groups is 1. The van der Waals surface area contributed by atoms with Gasteiger partial charge >= 0.3 is 12.0 Å². The van der Waals surface area contributed by atoms with E-state index in [4.69, 9.17) is 0 Å². The molecule has 0 saturated heterocycles. The molecule has 1 atom stereocenters. The third-order valence-corrected chi connectivity index (χ3v) is 3.32. The van der Waals surface area contributed by atoms with Crippen molar-refractivity contribution in [1.29, 1.82) is 0 Å². The summed E-state index contributed by atoms with van der Waals surface area (Å²) in [6, 6.07) is 8.04. The van der Waals surface area contributed by atoms with Gasteiger partial charge in [-0.1, -0.05) is 50.1 Å². The maximum Gasteiger partial charge on any atom is 0.326 e. The second kappa shape index (κ2) is 9.00. The minimum absolute atomic E-state index is 0.282. The van der Waals surface area contributed by atoms with Crippen LogP contribution in [-0.4, -0.2) is 41.6 Å². The third kappa shape index (κ3) is 6.29. The molecule has 0 fully saturated rings.